The first-order valence-electron chi connectivity index (χ1n) is 9.45. The molecule has 3 nitrogen and oxygen atoms in total. The number of halogens is 1. The number of piperidine rings is 1. The fourth-order valence-corrected chi connectivity index (χ4v) is 3.47. The average molecular weight is 354 g/mol. The maximum absolute atomic E-state index is 14.6. The number of hydrogen-bond acceptors (Lipinski definition) is 2. The van der Waals surface area contributed by atoms with Crippen molar-refractivity contribution in [1.82, 2.24) is 10.2 Å². The van der Waals surface area contributed by atoms with E-state index >= 15 is 0 Å². The Hall–Kier alpha value is -2.20. The smallest absolute Gasteiger partial charge is 0.256 e. The number of aryl methyl sites for hydroxylation is 1. The van der Waals surface area contributed by atoms with Crippen molar-refractivity contribution in [2.45, 2.75) is 26.7 Å². The lowest BCUT2D eigenvalue weighted by atomic mass is 9.96. The maximum Gasteiger partial charge on any atom is 0.256 e. The van der Waals surface area contributed by atoms with Gasteiger partial charge >= 0.3 is 0 Å². The molecule has 1 N–H and O–H groups in total. The first-order valence-corrected chi connectivity index (χ1v) is 9.45. The monoisotopic (exact) mass is 354 g/mol. The molecule has 1 heterocycles. The fraction of sp³-hybridized carbons (Fsp3) is 0.409. The lowest BCUT2D eigenvalue weighted by Crippen LogP contribution is -2.41. The summed E-state index contributed by atoms with van der Waals surface area (Å²) in [5.74, 6) is -0.0320. The van der Waals surface area contributed by atoms with E-state index in [9.17, 15) is 9.18 Å². The van der Waals surface area contributed by atoms with Crippen LogP contribution in [0.3, 0.4) is 0 Å². The van der Waals surface area contributed by atoms with Gasteiger partial charge in [-0.2, -0.15) is 0 Å². The normalized spacial score (nSPS) is 15.3. The number of hydrogen-bond donors (Lipinski definition) is 1. The van der Waals surface area contributed by atoms with E-state index in [-0.39, 0.29) is 11.5 Å². The van der Waals surface area contributed by atoms with E-state index in [1.807, 2.05) is 37.3 Å². The standard InChI is InChI=1S/C22H27FN2O/c1-3-24-15-17-10-12-25(13-11-17)22(26)20-9-8-19(14-21(20)23)18-6-4-16(2)5-7-18/h4-9,14,17,24H,3,10-13,15H2,1-2H3. The van der Waals surface area contributed by atoms with Gasteiger partial charge in [0.1, 0.15) is 5.82 Å². The van der Waals surface area contributed by atoms with E-state index in [0.717, 1.165) is 37.1 Å². The molecule has 26 heavy (non-hydrogen) atoms. The van der Waals surface area contributed by atoms with E-state index in [4.69, 9.17) is 0 Å². The summed E-state index contributed by atoms with van der Waals surface area (Å²) in [5, 5.41) is 3.36. The molecule has 1 saturated heterocycles. The van der Waals surface area contributed by atoms with Gasteiger partial charge in [0.25, 0.3) is 5.91 Å². The largest absolute Gasteiger partial charge is 0.339 e. The molecule has 0 unspecified atom stereocenters. The summed E-state index contributed by atoms with van der Waals surface area (Å²) < 4.78 is 14.6. The van der Waals surface area contributed by atoms with Crippen molar-refractivity contribution in [3.05, 3.63) is 59.4 Å². The number of benzene rings is 2. The molecule has 0 atom stereocenters. The number of carbonyl (C=O) groups excluding carboxylic acids is 1. The minimum absolute atomic E-state index is 0.172. The van der Waals surface area contributed by atoms with Crippen molar-refractivity contribution in [2.75, 3.05) is 26.2 Å². The highest BCUT2D eigenvalue weighted by Crippen LogP contribution is 2.24. The van der Waals surface area contributed by atoms with Crippen LogP contribution < -0.4 is 5.32 Å². The molecule has 1 fully saturated rings. The molecule has 0 radical (unpaired) electrons. The van der Waals surface area contributed by atoms with Gasteiger partial charge < -0.3 is 10.2 Å². The molecule has 0 aliphatic carbocycles. The topological polar surface area (TPSA) is 32.3 Å². The zero-order valence-electron chi connectivity index (χ0n) is 15.6. The van der Waals surface area contributed by atoms with Crippen LogP contribution in [0.1, 0.15) is 35.7 Å². The van der Waals surface area contributed by atoms with Crippen molar-refractivity contribution >= 4 is 5.91 Å². The van der Waals surface area contributed by atoms with Gasteiger partial charge in [-0.3, -0.25) is 4.79 Å². The van der Waals surface area contributed by atoms with Crippen LogP contribution in [0.4, 0.5) is 4.39 Å². The second-order valence-corrected chi connectivity index (χ2v) is 7.10. The third kappa shape index (κ3) is 4.31. The number of carbonyl (C=O) groups is 1. The van der Waals surface area contributed by atoms with E-state index < -0.39 is 5.82 Å². The van der Waals surface area contributed by atoms with E-state index in [2.05, 4.69) is 12.2 Å². The zero-order valence-corrected chi connectivity index (χ0v) is 15.6. The molecule has 0 saturated carbocycles. The predicted octanol–water partition coefficient (Wildman–Crippen LogP) is 4.26. The summed E-state index contributed by atoms with van der Waals surface area (Å²) in [6.07, 6.45) is 1.95. The first-order chi connectivity index (χ1) is 12.6. The zero-order chi connectivity index (χ0) is 18.5. The predicted molar refractivity (Wildman–Crippen MR) is 104 cm³/mol. The number of nitrogens with one attached hydrogen (secondary N) is 1. The molecule has 1 amide bonds. The Morgan fingerprint density at radius 3 is 2.38 bits per heavy atom. The Balaban J connectivity index is 1.68. The molecule has 4 heteroatoms. The second-order valence-electron chi connectivity index (χ2n) is 7.10. The van der Waals surface area contributed by atoms with Crippen LogP contribution in [0.2, 0.25) is 0 Å². The Morgan fingerprint density at radius 2 is 1.77 bits per heavy atom. The van der Waals surface area contributed by atoms with Crippen LogP contribution in [0, 0.1) is 18.7 Å². The molecule has 2 aromatic carbocycles. The van der Waals surface area contributed by atoms with Gasteiger partial charge in [-0.15, -0.1) is 0 Å². The highest BCUT2D eigenvalue weighted by molar-refractivity contribution is 5.95. The average Bonchev–Trinajstić information content (AvgIpc) is 2.67. The van der Waals surface area contributed by atoms with Gasteiger partial charge in [-0.1, -0.05) is 42.8 Å². The maximum atomic E-state index is 14.6. The van der Waals surface area contributed by atoms with E-state index in [1.54, 1.807) is 11.0 Å². The van der Waals surface area contributed by atoms with Crippen molar-refractivity contribution < 1.29 is 9.18 Å². The highest BCUT2D eigenvalue weighted by Gasteiger charge is 2.25. The van der Waals surface area contributed by atoms with E-state index in [1.165, 1.54) is 11.6 Å². The number of nitrogens with zero attached hydrogens (tertiary/aromatic N) is 1. The summed E-state index contributed by atoms with van der Waals surface area (Å²) in [5.41, 5.74) is 3.09. The molecule has 0 bridgehead atoms. The molecule has 1 aliphatic heterocycles. The molecule has 138 valence electrons. The van der Waals surface area contributed by atoms with Gasteiger partial charge in [0.15, 0.2) is 0 Å². The molecular weight excluding hydrogens is 327 g/mol. The van der Waals surface area contributed by atoms with Gasteiger partial charge in [0, 0.05) is 13.1 Å². The molecule has 0 aromatic heterocycles. The first kappa shape index (κ1) is 18.6. The number of rotatable bonds is 5. The molecule has 1 aliphatic rings. The van der Waals surface area contributed by atoms with E-state index in [0.29, 0.717) is 19.0 Å². The highest BCUT2D eigenvalue weighted by atomic mass is 19.1. The van der Waals surface area contributed by atoms with Crippen LogP contribution in [-0.2, 0) is 0 Å². The van der Waals surface area contributed by atoms with Crippen LogP contribution in [0.25, 0.3) is 11.1 Å². The van der Waals surface area contributed by atoms with Gasteiger partial charge in [0.05, 0.1) is 5.56 Å². The fourth-order valence-electron chi connectivity index (χ4n) is 3.47. The summed E-state index contributed by atoms with van der Waals surface area (Å²) in [7, 11) is 0. The second kappa shape index (κ2) is 8.45. The van der Waals surface area contributed by atoms with Crippen molar-refractivity contribution in [1.29, 1.82) is 0 Å². The number of likely N-dealkylation sites (tertiary alicyclic amines) is 1. The third-order valence-electron chi connectivity index (χ3n) is 5.17. The Morgan fingerprint density at radius 1 is 1.12 bits per heavy atom. The summed E-state index contributed by atoms with van der Waals surface area (Å²) in [4.78, 5) is 14.5. The SMILES string of the molecule is CCNCC1CCN(C(=O)c2ccc(-c3ccc(C)cc3)cc2F)CC1. The van der Waals surface area contributed by atoms with Crippen molar-refractivity contribution in [3.63, 3.8) is 0 Å². The van der Waals surface area contributed by atoms with Crippen molar-refractivity contribution in [3.8, 4) is 11.1 Å². The summed E-state index contributed by atoms with van der Waals surface area (Å²) in [6, 6.07) is 12.9. The molecular formula is C22H27FN2O. The third-order valence-corrected chi connectivity index (χ3v) is 5.17. The molecule has 2 aromatic rings. The van der Waals surface area contributed by atoms with Gasteiger partial charge in [-0.05, 0) is 62.0 Å². The summed E-state index contributed by atoms with van der Waals surface area (Å²) in [6.45, 7) is 7.49. The van der Waals surface area contributed by atoms with Gasteiger partial charge in [-0.25, -0.2) is 4.39 Å². The minimum atomic E-state index is -0.442. The summed E-state index contributed by atoms with van der Waals surface area (Å²) >= 11 is 0. The molecule has 3 rings (SSSR count). The minimum Gasteiger partial charge on any atom is -0.339 e. The van der Waals surface area contributed by atoms with Crippen LogP contribution >= 0.6 is 0 Å². The lowest BCUT2D eigenvalue weighted by molar-refractivity contribution is 0.0685. The van der Waals surface area contributed by atoms with Crippen molar-refractivity contribution in [2.24, 2.45) is 5.92 Å². The van der Waals surface area contributed by atoms with Gasteiger partial charge in [0.2, 0.25) is 0 Å². The van der Waals surface area contributed by atoms with Crippen LogP contribution in [-0.4, -0.2) is 37.0 Å². The Bertz CT molecular complexity index is 749. The quantitative estimate of drug-likeness (QED) is 0.870. The molecule has 0 spiro atoms. The Labute approximate surface area is 155 Å². The number of amides is 1. The Kier molecular flexibility index (Phi) is 6.04. The lowest BCUT2D eigenvalue weighted by Gasteiger charge is -2.32. The van der Waals surface area contributed by atoms with Crippen LogP contribution in [0.5, 0.6) is 0 Å². The van der Waals surface area contributed by atoms with Crippen LogP contribution in [0.15, 0.2) is 42.5 Å².